The number of halogens is 2. The maximum absolute atomic E-state index is 5.96. The number of nitrogens with one attached hydrogen (secondary N) is 1. The quantitative estimate of drug-likeness (QED) is 0.735. The van der Waals surface area contributed by atoms with E-state index in [0.717, 1.165) is 26.6 Å². The van der Waals surface area contributed by atoms with E-state index in [-0.39, 0.29) is 5.41 Å². The summed E-state index contributed by atoms with van der Waals surface area (Å²) >= 11 is 9.65. The molecule has 0 amide bonds. The van der Waals surface area contributed by atoms with Gasteiger partial charge in [0.05, 0.1) is 15.5 Å². The second-order valence-corrected chi connectivity index (χ2v) is 8.05. The van der Waals surface area contributed by atoms with Crippen molar-refractivity contribution in [3.05, 3.63) is 19.8 Å². The van der Waals surface area contributed by atoms with Crippen LogP contribution in [0.2, 0.25) is 4.34 Å². The molecule has 2 rings (SSSR count). The molecule has 0 saturated carbocycles. The molecule has 0 fully saturated rings. The predicted molar refractivity (Wildman–Crippen MR) is 93.7 cm³/mol. The average Bonchev–Trinajstić information content (AvgIpc) is 2.77. The van der Waals surface area contributed by atoms with Crippen LogP contribution < -0.4 is 5.32 Å². The number of anilines is 1. The molecule has 7 heteroatoms. The van der Waals surface area contributed by atoms with Gasteiger partial charge in [0, 0.05) is 12.0 Å². The molecule has 0 aromatic carbocycles. The third-order valence-electron chi connectivity index (χ3n) is 2.57. The van der Waals surface area contributed by atoms with E-state index < -0.39 is 0 Å². The van der Waals surface area contributed by atoms with Crippen LogP contribution in [0.15, 0.2) is 6.20 Å². The van der Waals surface area contributed by atoms with Crippen molar-refractivity contribution in [2.24, 2.45) is 0 Å². The van der Waals surface area contributed by atoms with Gasteiger partial charge in [-0.3, -0.25) is 0 Å². The molecule has 0 unspecified atom stereocenters. The number of hydrogen-bond acceptors (Lipinski definition) is 5. The summed E-state index contributed by atoms with van der Waals surface area (Å²) in [4.78, 5) is 13.6. The molecule has 0 aliphatic heterocycles. The Morgan fingerprint density at radius 2 is 2.05 bits per heavy atom. The zero-order valence-electron chi connectivity index (χ0n) is 11.8. The van der Waals surface area contributed by atoms with Gasteiger partial charge in [-0.15, -0.1) is 0 Å². The Hall–Kier alpha value is -0.470. The van der Waals surface area contributed by atoms with Crippen LogP contribution in [-0.4, -0.2) is 21.5 Å². The standard InChI is InChI=1S/C13H16ClIN4S/c1-5-16-10-8(15)9(13(2,3)4)18-11(19-10)12-17-6-7(14)20-12/h6H,5H2,1-4H3,(H,16,18,19). The Labute approximate surface area is 141 Å². The summed E-state index contributed by atoms with van der Waals surface area (Å²) in [6.45, 7) is 9.30. The van der Waals surface area contributed by atoms with E-state index in [1.54, 1.807) is 6.20 Å². The lowest BCUT2D eigenvalue weighted by Gasteiger charge is -2.21. The van der Waals surface area contributed by atoms with E-state index in [0.29, 0.717) is 10.2 Å². The number of aromatic nitrogens is 3. The number of nitrogens with zero attached hydrogens (tertiary/aromatic N) is 3. The van der Waals surface area contributed by atoms with Gasteiger partial charge in [-0.05, 0) is 29.5 Å². The Morgan fingerprint density at radius 3 is 2.55 bits per heavy atom. The first-order valence-corrected chi connectivity index (χ1v) is 8.53. The van der Waals surface area contributed by atoms with Crippen LogP contribution in [0.5, 0.6) is 0 Å². The largest absolute Gasteiger partial charge is 0.369 e. The number of thiazole rings is 1. The topological polar surface area (TPSA) is 50.7 Å². The molecule has 0 aliphatic carbocycles. The number of hydrogen-bond donors (Lipinski definition) is 1. The highest BCUT2D eigenvalue weighted by Crippen LogP contribution is 2.33. The van der Waals surface area contributed by atoms with Crippen molar-refractivity contribution < 1.29 is 0 Å². The first-order chi connectivity index (χ1) is 9.32. The molecule has 108 valence electrons. The molecular weight excluding hydrogens is 407 g/mol. The van der Waals surface area contributed by atoms with Crippen molar-refractivity contribution in [2.45, 2.75) is 33.1 Å². The Kier molecular flexibility index (Phi) is 4.86. The van der Waals surface area contributed by atoms with Crippen LogP contribution in [0.4, 0.5) is 5.82 Å². The summed E-state index contributed by atoms with van der Waals surface area (Å²) < 4.78 is 1.70. The molecule has 0 atom stereocenters. The van der Waals surface area contributed by atoms with Gasteiger partial charge < -0.3 is 5.32 Å². The fourth-order valence-corrected chi connectivity index (χ4v) is 3.77. The zero-order chi connectivity index (χ0) is 14.9. The smallest absolute Gasteiger partial charge is 0.191 e. The van der Waals surface area contributed by atoms with Gasteiger partial charge in [-0.25, -0.2) is 15.0 Å². The molecule has 0 radical (unpaired) electrons. The van der Waals surface area contributed by atoms with Gasteiger partial charge in [0.2, 0.25) is 0 Å². The Bertz CT molecular complexity index is 621. The molecule has 0 saturated heterocycles. The zero-order valence-corrected chi connectivity index (χ0v) is 15.5. The average molecular weight is 423 g/mol. The molecule has 2 heterocycles. The van der Waals surface area contributed by atoms with Gasteiger partial charge in [-0.2, -0.15) is 0 Å². The third kappa shape index (κ3) is 3.40. The first-order valence-electron chi connectivity index (χ1n) is 6.26. The summed E-state index contributed by atoms with van der Waals surface area (Å²) in [5.74, 6) is 1.48. The summed E-state index contributed by atoms with van der Waals surface area (Å²) in [6, 6.07) is 0. The van der Waals surface area contributed by atoms with Gasteiger partial charge in [-0.1, -0.05) is 43.7 Å². The van der Waals surface area contributed by atoms with Crippen molar-refractivity contribution in [3.8, 4) is 10.8 Å². The minimum atomic E-state index is -0.0561. The van der Waals surface area contributed by atoms with Crippen molar-refractivity contribution in [1.82, 2.24) is 15.0 Å². The fraction of sp³-hybridized carbons (Fsp3) is 0.462. The van der Waals surface area contributed by atoms with E-state index in [1.165, 1.54) is 11.3 Å². The lowest BCUT2D eigenvalue weighted by molar-refractivity contribution is 0.564. The predicted octanol–water partition coefficient (Wildman–Crippen LogP) is 4.59. The van der Waals surface area contributed by atoms with Gasteiger partial charge in [0.25, 0.3) is 0 Å². The van der Waals surface area contributed by atoms with Gasteiger partial charge in [0.15, 0.2) is 10.8 Å². The van der Waals surface area contributed by atoms with Crippen molar-refractivity contribution in [3.63, 3.8) is 0 Å². The number of rotatable bonds is 3. The second-order valence-electron chi connectivity index (χ2n) is 5.31. The van der Waals surface area contributed by atoms with Crippen molar-refractivity contribution in [1.29, 1.82) is 0 Å². The highest BCUT2D eigenvalue weighted by molar-refractivity contribution is 14.1. The van der Waals surface area contributed by atoms with Crippen LogP contribution in [0.25, 0.3) is 10.8 Å². The summed E-state index contributed by atoms with van der Waals surface area (Å²) in [5.41, 5.74) is 0.963. The third-order valence-corrected chi connectivity index (χ3v) is 4.71. The maximum Gasteiger partial charge on any atom is 0.191 e. The Balaban J connectivity index is 2.61. The van der Waals surface area contributed by atoms with Crippen LogP contribution in [0.1, 0.15) is 33.4 Å². The summed E-state index contributed by atoms with van der Waals surface area (Å²) in [6.07, 6.45) is 1.63. The first kappa shape index (κ1) is 15.9. The van der Waals surface area contributed by atoms with Gasteiger partial charge in [0.1, 0.15) is 10.2 Å². The SMILES string of the molecule is CCNc1nc(-c2ncc(Cl)s2)nc(C(C)(C)C)c1I. The molecule has 20 heavy (non-hydrogen) atoms. The fourth-order valence-electron chi connectivity index (χ4n) is 1.68. The maximum atomic E-state index is 5.96. The molecule has 0 aliphatic rings. The van der Waals surface area contributed by atoms with Crippen molar-refractivity contribution in [2.75, 3.05) is 11.9 Å². The van der Waals surface area contributed by atoms with E-state index in [4.69, 9.17) is 16.6 Å². The summed E-state index contributed by atoms with van der Waals surface area (Å²) in [5, 5.41) is 4.04. The molecule has 0 bridgehead atoms. The van der Waals surface area contributed by atoms with Crippen LogP contribution >= 0.6 is 45.5 Å². The van der Waals surface area contributed by atoms with E-state index in [9.17, 15) is 0 Å². The van der Waals surface area contributed by atoms with Crippen molar-refractivity contribution >= 4 is 51.3 Å². The van der Waals surface area contributed by atoms with Crippen LogP contribution in [0, 0.1) is 3.57 Å². The lowest BCUT2D eigenvalue weighted by Crippen LogP contribution is -2.19. The molecular formula is C13H16ClIN4S. The molecule has 2 aromatic heterocycles. The lowest BCUT2D eigenvalue weighted by atomic mass is 9.92. The molecule has 0 spiro atoms. The second kappa shape index (κ2) is 6.11. The normalized spacial score (nSPS) is 11.7. The highest BCUT2D eigenvalue weighted by atomic mass is 127. The van der Waals surface area contributed by atoms with E-state index >= 15 is 0 Å². The minimum absolute atomic E-state index is 0.0561. The van der Waals surface area contributed by atoms with Crippen LogP contribution in [-0.2, 0) is 5.41 Å². The van der Waals surface area contributed by atoms with E-state index in [2.05, 4.69) is 65.6 Å². The van der Waals surface area contributed by atoms with Gasteiger partial charge >= 0.3 is 0 Å². The monoisotopic (exact) mass is 422 g/mol. The molecule has 4 nitrogen and oxygen atoms in total. The molecule has 2 aromatic rings. The highest BCUT2D eigenvalue weighted by Gasteiger charge is 2.24. The van der Waals surface area contributed by atoms with Crippen LogP contribution in [0.3, 0.4) is 0 Å². The minimum Gasteiger partial charge on any atom is -0.369 e. The molecule has 1 N–H and O–H groups in total. The van der Waals surface area contributed by atoms with E-state index in [1.807, 2.05) is 0 Å². The summed E-state index contributed by atoms with van der Waals surface area (Å²) in [7, 11) is 0. The Morgan fingerprint density at radius 1 is 1.35 bits per heavy atom.